The summed E-state index contributed by atoms with van der Waals surface area (Å²) in [6, 6.07) is 160. The lowest BCUT2D eigenvalue weighted by Gasteiger charge is -2.28. The van der Waals surface area contributed by atoms with Gasteiger partial charge in [-0.05, 0) is 236 Å². The molecule has 0 saturated carbocycles. The predicted octanol–water partition coefficient (Wildman–Crippen LogP) is 30.7. The molecule has 2 aromatic heterocycles. The molecule has 0 bridgehead atoms. The van der Waals surface area contributed by atoms with Crippen LogP contribution in [0.15, 0.2) is 437 Å². The van der Waals surface area contributed by atoms with Crippen LogP contribution in [0.25, 0.3) is 175 Å². The standard InChI is InChI=1S/C58H38N2.C52H34N2/c1-2-18-44(19-3-1)60-56-28-13-12-27-53(56)55-36-40(31-34-57(55)60)39-29-32-45(33-30-39)59(58-38-43-16-5-7-22-48(43)50-24-10-11-26-52(50)58)46-20-14-17-41(35-46)54-37-42-15-4-6-21-47(42)49-23-8-9-25-51(49)54;1-3-18-41-36(14-1)33-49(45-22-6-5-20-43(41)45)35-16-13-17-40(32-35)53(52-34-37-15-2-4-19-42(37)44-21-7-8-23-46(44)52)38-28-30-39(31-29-38)54-50-26-11-9-24-47(50)48-25-10-12-27-51(48)54/h1-38H;1-34H. The number of anilines is 6. The molecule has 0 N–H and O–H groups in total. The van der Waals surface area contributed by atoms with Crippen molar-refractivity contribution in [1.29, 1.82) is 0 Å². The molecule has 0 unspecified atom stereocenters. The third-order valence-electron chi connectivity index (χ3n) is 23.4. The summed E-state index contributed by atoms with van der Waals surface area (Å²) in [6.45, 7) is 0. The van der Waals surface area contributed by atoms with Gasteiger partial charge in [0, 0.05) is 66.4 Å². The van der Waals surface area contributed by atoms with Gasteiger partial charge in [0.15, 0.2) is 0 Å². The average Bonchev–Trinajstić information content (AvgIpc) is 1.41. The van der Waals surface area contributed by atoms with Crippen LogP contribution in [0.2, 0.25) is 0 Å². The molecule has 23 aromatic rings. The summed E-state index contributed by atoms with van der Waals surface area (Å²) in [4.78, 5) is 4.89. The Kier molecular flexibility index (Phi) is 15.9. The van der Waals surface area contributed by atoms with E-state index in [-0.39, 0.29) is 0 Å². The molecule has 532 valence electrons. The zero-order valence-electron chi connectivity index (χ0n) is 62.4. The third-order valence-corrected chi connectivity index (χ3v) is 23.4. The first-order valence-electron chi connectivity index (χ1n) is 39.3. The maximum Gasteiger partial charge on any atom is 0.0546 e. The molecule has 2 heterocycles. The van der Waals surface area contributed by atoms with Crippen LogP contribution < -0.4 is 9.80 Å². The van der Waals surface area contributed by atoms with Gasteiger partial charge in [0.2, 0.25) is 0 Å². The van der Waals surface area contributed by atoms with E-state index in [1.54, 1.807) is 0 Å². The normalized spacial score (nSPS) is 11.7. The third kappa shape index (κ3) is 11.1. The highest BCUT2D eigenvalue weighted by atomic mass is 15.2. The van der Waals surface area contributed by atoms with Crippen LogP contribution >= 0.6 is 0 Å². The van der Waals surface area contributed by atoms with E-state index in [0.29, 0.717) is 0 Å². The van der Waals surface area contributed by atoms with Gasteiger partial charge in [0.1, 0.15) is 0 Å². The lowest BCUT2D eigenvalue weighted by atomic mass is 9.93. The summed E-state index contributed by atoms with van der Waals surface area (Å²) in [6.07, 6.45) is 0. The van der Waals surface area contributed by atoms with Gasteiger partial charge >= 0.3 is 0 Å². The van der Waals surface area contributed by atoms with Gasteiger partial charge in [-0.15, -0.1) is 0 Å². The van der Waals surface area contributed by atoms with Gasteiger partial charge in [0.05, 0.1) is 33.4 Å². The first kappa shape index (κ1) is 65.9. The Balaban J connectivity index is 0.000000140. The second-order valence-electron chi connectivity index (χ2n) is 29.8. The lowest BCUT2D eigenvalue weighted by molar-refractivity contribution is 1.17. The van der Waals surface area contributed by atoms with Crippen LogP contribution in [0.1, 0.15) is 0 Å². The van der Waals surface area contributed by atoms with Crippen molar-refractivity contribution in [2.75, 3.05) is 9.80 Å². The molecule has 4 heteroatoms. The van der Waals surface area contributed by atoms with Crippen molar-refractivity contribution < 1.29 is 0 Å². The number of benzene rings is 21. The van der Waals surface area contributed by atoms with Crippen molar-refractivity contribution in [3.63, 3.8) is 0 Å². The molecule has 4 nitrogen and oxygen atoms in total. The van der Waals surface area contributed by atoms with Crippen molar-refractivity contribution in [1.82, 2.24) is 9.13 Å². The number of hydrogen-bond donors (Lipinski definition) is 0. The quantitative estimate of drug-likeness (QED) is 0.120. The van der Waals surface area contributed by atoms with Gasteiger partial charge in [-0.25, -0.2) is 0 Å². The molecule has 0 spiro atoms. The predicted molar refractivity (Wildman–Crippen MR) is 487 cm³/mol. The van der Waals surface area contributed by atoms with E-state index in [2.05, 4.69) is 456 Å². The number of nitrogens with zero attached hydrogens (tertiary/aromatic N) is 4. The molecule has 114 heavy (non-hydrogen) atoms. The van der Waals surface area contributed by atoms with Gasteiger partial charge < -0.3 is 18.9 Å². The van der Waals surface area contributed by atoms with E-state index in [1.165, 1.54) is 169 Å². The summed E-state index contributed by atoms with van der Waals surface area (Å²) in [5.41, 5.74) is 21.0. The number of hydrogen-bond acceptors (Lipinski definition) is 2. The molecule has 0 atom stereocenters. The largest absolute Gasteiger partial charge is 0.310 e. The zero-order valence-corrected chi connectivity index (χ0v) is 62.4. The molecule has 0 aliphatic heterocycles. The molecule has 23 rings (SSSR count). The summed E-state index contributed by atoms with van der Waals surface area (Å²) in [5.74, 6) is 0. The molecule has 0 aliphatic rings. The van der Waals surface area contributed by atoms with Crippen molar-refractivity contribution in [2.24, 2.45) is 0 Å². The van der Waals surface area contributed by atoms with E-state index in [4.69, 9.17) is 0 Å². The molecular weight excluding hydrogens is 1380 g/mol. The monoisotopic (exact) mass is 1450 g/mol. The molecule has 0 radical (unpaired) electrons. The molecule has 0 saturated heterocycles. The minimum Gasteiger partial charge on any atom is -0.310 e. The fourth-order valence-corrected chi connectivity index (χ4v) is 18.3. The molecular formula is C110H72N4. The Labute approximate surface area is 660 Å². The van der Waals surface area contributed by atoms with Gasteiger partial charge in [-0.1, -0.05) is 309 Å². The van der Waals surface area contributed by atoms with Crippen LogP contribution in [0.5, 0.6) is 0 Å². The number of rotatable bonds is 11. The number of aromatic nitrogens is 2. The summed E-state index contributed by atoms with van der Waals surface area (Å²) >= 11 is 0. The highest BCUT2D eigenvalue weighted by molar-refractivity contribution is 6.19. The Morgan fingerprint density at radius 3 is 0.886 bits per heavy atom. The number of fused-ring (bicyclic) bond motifs is 18. The van der Waals surface area contributed by atoms with E-state index in [1.807, 2.05) is 0 Å². The minimum absolute atomic E-state index is 1.10. The highest BCUT2D eigenvalue weighted by Gasteiger charge is 2.24. The summed E-state index contributed by atoms with van der Waals surface area (Å²) < 4.78 is 4.76. The lowest BCUT2D eigenvalue weighted by Crippen LogP contribution is -2.11. The molecule has 0 fully saturated rings. The van der Waals surface area contributed by atoms with Crippen molar-refractivity contribution in [2.45, 2.75) is 0 Å². The second-order valence-corrected chi connectivity index (χ2v) is 29.8. The average molecular weight is 1450 g/mol. The van der Waals surface area contributed by atoms with Gasteiger partial charge in [0.25, 0.3) is 0 Å². The first-order chi connectivity index (χ1) is 56.6. The topological polar surface area (TPSA) is 16.3 Å². The van der Waals surface area contributed by atoms with E-state index < -0.39 is 0 Å². The maximum absolute atomic E-state index is 2.45. The Bertz CT molecular complexity index is 7690. The zero-order chi connectivity index (χ0) is 75.2. The summed E-state index contributed by atoms with van der Waals surface area (Å²) in [7, 11) is 0. The fraction of sp³-hybridized carbons (Fsp3) is 0. The number of para-hydroxylation sites is 4. The van der Waals surface area contributed by atoms with Gasteiger partial charge in [-0.3, -0.25) is 0 Å². The SMILES string of the molecule is c1cc(-c2cc3ccccc3c3ccccc23)cc(N(c2ccc(-n3c4ccccc4c4ccccc43)cc2)c2cc3ccccc3c3ccccc23)c1.c1ccc(-n2c3ccccc3c3cc(-c4ccc(N(c5cccc(-c6cc7ccccc7c7ccccc67)c5)c5cc6ccccc6c6ccccc56)cc4)ccc32)cc1. The van der Waals surface area contributed by atoms with Gasteiger partial charge in [-0.2, -0.15) is 0 Å². The smallest absolute Gasteiger partial charge is 0.0546 e. The summed E-state index contributed by atoms with van der Waals surface area (Å²) in [5, 5.41) is 25.0. The van der Waals surface area contributed by atoms with Crippen molar-refractivity contribution in [3.05, 3.63) is 437 Å². The highest BCUT2D eigenvalue weighted by Crippen LogP contribution is 2.48. The van der Waals surface area contributed by atoms with Crippen molar-refractivity contribution >= 4 is 164 Å². The van der Waals surface area contributed by atoms with E-state index in [9.17, 15) is 0 Å². The Morgan fingerprint density at radius 1 is 0.149 bits per heavy atom. The van der Waals surface area contributed by atoms with Crippen LogP contribution in [0.3, 0.4) is 0 Å². The second kappa shape index (κ2) is 27.5. The van der Waals surface area contributed by atoms with Crippen LogP contribution in [-0.4, -0.2) is 9.13 Å². The molecule has 0 amide bonds. The van der Waals surface area contributed by atoms with Crippen molar-refractivity contribution in [3.8, 4) is 44.8 Å². The molecule has 0 aliphatic carbocycles. The van der Waals surface area contributed by atoms with Crippen LogP contribution in [0, 0.1) is 0 Å². The fourth-order valence-electron chi connectivity index (χ4n) is 18.3. The first-order valence-corrected chi connectivity index (χ1v) is 39.3. The Morgan fingerprint density at radius 2 is 0.456 bits per heavy atom. The minimum atomic E-state index is 1.10. The van der Waals surface area contributed by atoms with Crippen LogP contribution in [0.4, 0.5) is 34.1 Å². The van der Waals surface area contributed by atoms with E-state index >= 15 is 0 Å². The van der Waals surface area contributed by atoms with Crippen LogP contribution in [-0.2, 0) is 0 Å². The Hall–Kier alpha value is -15.1. The molecule has 21 aromatic carbocycles. The van der Waals surface area contributed by atoms with E-state index in [0.717, 1.165) is 39.8 Å². The maximum atomic E-state index is 2.45.